The molecule has 16 heavy (non-hydrogen) atoms. The zero-order valence-corrected chi connectivity index (χ0v) is 10.1. The normalized spacial score (nSPS) is 11.2. The number of rotatable bonds is 4. The van der Waals surface area contributed by atoms with Crippen LogP contribution in [0.15, 0.2) is 18.2 Å². The molecule has 1 heterocycles. The molecular weight excluding hydrogens is 220 g/mol. The fourth-order valence-electron chi connectivity index (χ4n) is 1.45. The summed E-state index contributed by atoms with van der Waals surface area (Å²) in [4.78, 5) is 4.48. The minimum atomic E-state index is -0.260. The van der Waals surface area contributed by atoms with Gasteiger partial charge in [0.25, 0.3) is 0 Å². The zero-order chi connectivity index (χ0) is 11.5. The summed E-state index contributed by atoms with van der Waals surface area (Å²) in [6.45, 7) is 2.84. The van der Waals surface area contributed by atoms with E-state index in [1.807, 2.05) is 6.07 Å². The highest BCUT2D eigenvalue weighted by Crippen LogP contribution is 2.26. The molecule has 1 aromatic carbocycles. The third-order valence-electron chi connectivity index (χ3n) is 2.30. The Morgan fingerprint density at radius 2 is 2.25 bits per heavy atom. The van der Waals surface area contributed by atoms with E-state index in [1.54, 1.807) is 11.3 Å². The molecule has 0 saturated carbocycles. The van der Waals surface area contributed by atoms with Crippen molar-refractivity contribution in [3.8, 4) is 0 Å². The summed E-state index contributed by atoms with van der Waals surface area (Å²) in [5, 5.41) is 4.16. The van der Waals surface area contributed by atoms with Crippen LogP contribution in [0.4, 0.5) is 5.13 Å². The predicted octanol–water partition coefficient (Wildman–Crippen LogP) is 1.65. The first-order valence-corrected chi connectivity index (χ1v) is 6.09. The first-order valence-electron chi connectivity index (χ1n) is 5.27. The van der Waals surface area contributed by atoms with Gasteiger partial charge in [-0.1, -0.05) is 17.4 Å². The Morgan fingerprint density at radius 3 is 3.00 bits per heavy atom. The number of aromatic nitrogens is 1. The summed E-state index contributed by atoms with van der Waals surface area (Å²) in [5.41, 5.74) is 13.2. The van der Waals surface area contributed by atoms with Gasteiger partial charge in [-0.15, -0.1) is 0 Å². The van der Waals surface area contributed by atoms with Crippen LogP contribution < -0.4 is 16.8 Å². The summed E-state index contributed by atoms with van der Waals surface area (Å²) in [5.74, 6) is 0. The first kappa shape index (κ1) is 11.3. The largest absolute Gasteiger partial charge is 0.361 e. The van der Waals surface area contributed by atoms with E-state index in [9.17, 15) is 0 Å². The predicted molar refractivity (Wildman–Crippen MR) is 69.6 cm³/mol. The number of nitrogens with zero attached hydrogens (tertiary/aromatic N) is 1. The molecule has 2 rings (SSSR count). The standard InChI is InChI=1S/C11H16N4S/c1-7-2-3-8-9(6-7)16-11(15-8)14-5-4-10(12)13/h2-3,6,10H,4-5,12-13H2,1H3,(H,14,15). The average Bonchev–Trinajstić information content (AvgIpc) is 2.58. The molecule has 0 radical (unpaired) electrons. The maximum Gasteiger partial charge on any atom is 0.183 e. The fourth-order valence-corrected chi connectivity index (χ4v) is 2.44. The Labute approximate surface area is 98.7 Å². The number of hydrogen-bond donors (Lipinski definition) is 3. The lowest BCUT2D eigenvalue weighted by Gasteiger charge is -2.04. The SMILES string of the molecule is Cc1ccc2nc(NCCC(N)N)sc2c1. The molecule has 5 heteroatoms. The lowest BCUT2D eigenvalue weighted by atomic mass is 10.2. The van der Waals surface area contributed by atoms with Gasteiger partial charge in [-0.05, 0) is 31.0 Å². The Kier molecular flexibility index (Phi) is 3.38. The molecule has 0 aliphatic heterocycles. The number of nitrogens with one attached hydrogen (secondary N) is 1. The molecular formula is C11H16N4S. The van der Waals surface area contributed by atoms with Crippen LogP contribution in [0.2, 0.25) is 0 Å². The van der Waals surface area contributed by atoms with Gasteiger partial charge in [0.2, 0.25) is 0 Å². The van der Waals surface area contributed by atoms with Gasteiger partial charge in [0.05, 0.1) is 16.4 Å². The van der Waals surface area contributed by atoms with Crippen molar-refractivity contribution < 1.29 is 0 Å². The second-order valence-electron chi connectivity index (χ2n) is 3.87. The monoisotopic (exact) mass is 236 g/mol. The van der Waals surface area contributed by atoms with Crippen LogP contribution in [0.25, 0.3) is 10.2 Å². The Morgan fingerprint density at radius 1 is 1.44 bits per heavy atom. The van der Waals surface area contributed by atoms with E-state index >= 15 is 0 Å². The molecule has 0 atom stereocenters. The molecule has 2 aromatic rings. The minimum Gasteiger partial charge on any atom is -0.361 e. The van der Waals surface area contributed by atoms with Crippen molar-refractivity contribution in [2.24, 2.45) is 11.5 Å². The van der Waals surface area contributed by atoms with Crippen LogP contribution in [0.1, 0.15) is 12.0 Å². The number of benzene rings is 1. The van der Waals surface area contributed by atoms with Gasteiger partial charge < -0.3 is 16.8 Å². The number of aryl methyl sites for hydroxylation is 1. The van der Waals surface area contributed by atoms with Gasteiger partial charge >= 0.3 is 0 Å². The molecule has 0 aliphatic carbocycles. The van der Waals surface area contributed by atoms with E-state index in [0.717, 1.165) is 23.6 Å². The summed E-state index contributed by atoms with van der Waals surface area (Å²) in [6.07, 6.45) is 0.485. The summed E-state index contributed by atoms with van der Waals surface area (Å²) < 4.78 is 1.21. The highest BCUT2D eigenvalue weighted by molar-refractivity contribution is 7.22. The topological polar surface area (TPSA) is 77.0 Å². The van der Waals surface area contributed by atoms with E-state index in [4.69, 9.17) is 11.5 Å². The van der Waals surface area contributed by atoms with Crippen LogP contribution in [0.5, 0.6) is 0 Å². The fraction of sp³-hybridized carbons (Fsp3) is 0.364. The smallest absolute Gasteiger partial charge is 0.183 e. The molecule has 86 valence electrons. The second-order valence-corrected chi connectivity index (χ2v) is 4.90. The molecule has 0 saturated heterocycles. The van der Waals surface area contributed by atoms with Gasteiger partial charge in [-0.3, -0.25) is 0 Å². The highest BCUT2D eigenvalue weighted by atomic mass is 32.1. The van der Waals surface area contributed by atoms with Gasteiger partial charge in [-0.2, -0.15) is 0 Å². The maximum absolute atomic E-state index is 5.47. The number of anilines is 1. The van der Waals surface area contributed by atoms with Crippen LogP contribution in [0, 0.1) is 6.92 Å². The zero-order valence-electron chi connectivity index (χ0n) is 9.23. The lowest BCUT2D eigenvalue weighted by Crippen LogP contribution is -2.32. The van der Waals surface area contributed by atoms with E-state index in [-0.39, 0.29) is 6.17 Å². The summed E-state index contributed by atoms with van der Waals surface area (Å²) >= 11 is 1.66. The van der Waals surface area contributed by atoms with Crippen LogP contribution >= 0.6 is 11.3 Å². The number of fused-ring (bicyclic) bond motifs is 1. The first-order chi connectivity index (χ1) is 7.65. The molecule has 0 bridgehead atoms. The van der Waals surface area contributed by atoms with Crippen molar-refractivity contribution in [3.05, 3.63) is 23.8 Å². The van der Waals surface area contributed by atoms with Crippen molar-refractivity contribution in [2.45, 2.75) is 19.5 Å². The van der Waals surface area contributed by atoms with Crippen molar-refractivity contribution in [1.82, 2.24) is 4.98 Å². The van der Waals surface area contributed by atoms with Crippen molar-refractivity contribution >= 4 is 26.7 Å². The van der Waals surface area contributed by atoms with E-state index in [2.05, 4.69) is 29.4 Å². The molecule has 5 N–H and O–H groups in total. The van der Waals surface area contributed by atoms with Gasteiger partial charge in [-0.25, -0.2) is 4.98 Å². The number of thiazole rings is 1. The lowest BCUT2D eigenvalue weighted by molar-refractivity contribution is 0.661. The molecule has 0 amide bonds. The molecule has 1 aromatic heterocycles. The third-order valence-corrected chi connectivity index (χ3v) is 3.27. The Bertz CT molecular complexity index is 478. The molecule has 0 spiro atoms. The summed E-state index contributed by atoms with van der Waals surface area (Å²) in [6, 6.07) is 6.26. The van der Waals surface area contributed by atoms with Gasteiger partial charge in [0, 0.05) is 6.54 Å². The van der Waals surface area contributed by atoms with Crippen molar-refractivity contribution in [2.75, 3.05) is 11.9 Å². The second kappa shape index (κ2) is 4.78. The quantitative estimate of drug-likeness (QED) is 0.705. The van der Waals surface area contributed by atoms with Crippen LogP contribution in [0.3, 0.4) is 0 Å². The maximum atomic E-state index is 5.47. The van der Waals surface area contributed by atoms with Crippen LogP contribution in [-0.4, -0.2) is 17.7 Å². The molecule has 0 aliphatic rings. The highest BCUT2D eigenvalue weighted by Gasteiger charge is 2.03. The van der Waals surface area contributed by atoms with E-state index in [1.165, 1.54) is 10.3 Å². The van der Waals surface area contributed by atoms with E-state index in [0.29, 0.717) is 0 Å². The van der Waals surface area contributed by atoms with Crippen LogP contribution in [-0.2, 0) is 0 Å². The Hall–Kier alpha value is -1.17. The van der Waals surface area contributed by atoms with Gasteiger partial charge in [0.15, 0.2) is 5.13 Å². The number of hydrogen-bond acceptors (Lipinski definition) is 5. The van der Waals surface area contributed by atoms with Gasteiger partial charge in [0.1, 0.15) is 0 Å². The molecule has 0 unspecified atom stereocenters. The minimum absolute atomic E-state index is 0.260. The summed E-state index contributed by atoms with van der Waals surface area (Å²) in [7, 11) is 0. The molecule has 4 nitrogen and oxygen atoms in total. The average molecular weight is 236 g/mol. The van der Waals surface area contributed by atoms with Crippen molar-refractivity contribution in [1.29, 1.82) is 0 Å². The molecule has 0 fully saturated rings. The van der Waals surface area contributed by atoms with E-state index < -0.39 is 0 Å². The number of nitrogens with two attached hydrogens (primary N) is 2. The Balaban J connectivity index is 2.08. The van der Waals surface area contributed by atoms with Crippen molar-refractivity contribution in [3.63, 3.8) is 0 Å². The third kappa shape index (κ3) is 2.69.